The molecule has 0 bridgehead atoms. The summed E-state index contributed by atoms with van der Waals surface area (Å²) in [6, 6.07) is 8.32. The molecule has 1 aromatic rings. The second-order valence-electron chi connectivity index (χ2n) is 4.59. The van der Waals surface area contributed by atoms with Crippen molar-refractivity contribution in [3.8, 4) is 0 Å². The first-order valence-corrected chi connectivity index (χ1v) is 7.32. The topological polar surface area (TPSA) is 29.1 Å². The molecule has 0 atom stereocenters. The van der Waals surface area contributed by atoms with E-state index in [1.54, 1.807) is 0 Å². The second-order valence-corrected chi connectivity index (χ2v) is 5.81. The number of thioether (sulfide) groups is 1. The number of carbonyl (C=O) groups excluding carboxylic acids is 1. The van der Waals surface area contributed by atoms with Crippen LogP contribution in [0.2, 0.25) is 0 Å². The standard InChI is InChI=1S/C14H19NOS/c1-11-2-4-12(5-3-11)10-15-14(16)13-6-8-17-9-7-13/h2-5,13H,6-10H2,1H3,(H,15,16). The molecule has 3 heteroatoms. The summed E-state index contributed by atoms with van der Waals surface area (Å²) < 4.78 is 0. The van der Waals surface area contributed by atoms with Crippen LogP contribution in [0.4, 0.5) is 0 Å². The lowest BCUT2D eigenvalue weighted by atomic mass is 10.0. The third-order valence-corrected chi connectivity index (χ3v) is 4.23. The molecule has 1 aliphatic heterocycles. The number of aryl methyl sites for hydroxylation is 1. The van der Waals surface area contributed by atoms with E-state index in [-0.39, 0.29) is 11.8 Å². The molecular weight excluding hydrogens is 230 g/mol. The number of benzene rings is 1. The van der Waals surface area contributed by atoms with Crippen LogP contribution in [-0.2, 0) is 11.3 Å². The van der Waals surface area contributed by atoms with Gasteiger partial charge in [0, 0.05) is 12.5 Å². The third-order valence-electron chi connectivity index (χ3n) is 3.18. The SMILES string of the molecule is Cc1ccc(CNC(=O)C2CCSCC2)cc1. The molecule has 0 radical (unpaired) electrons. The van der Waals surface area contributed by atoms with Gasteiger partial charge in [-0.3, -0.25) is 4.79 Å². The van der Waals surface area contributed by atoms with E-state index >= 15 is 0 Å². The summed E-state index contributed by atoms with van der Waals surface area (Å²) in [7, 11) is 0. The molecule has 1 amide bonds. The minimum atomic E-state index is 0.228. The van der Waals surface area contributed by atoms with Gasteiger partial charge in [-0.25, -0.2) is 0 Å². The zero-order valence-electron chi connectivity index (χ0n) is 10.2. The van der Waals surface area contributed by atoms with Crippen molar-refractivity contribution in [1.29, 1.82) is 0 Å². The summed E-state index contributed by atoms with van der Waals surface area (Å²) in [6.45, 7) is 2.73. The van der Waals surface area contributed by atoms with E-state index < -0.39 is 0 Å². The number of amides is 1. The Morgan fingerprint density at radius 2 is 1.94 bits per heavy atom. The minimum Gasteiger partial charge on any atom is -0.352 e. The number of carbonyl (C=O) groups is 1. The Labute approximate surface area is 107 Å². The van der Waals surface area contributed by atoms with Crippen molar-refractivity contribution in [1.82, 2.24) is 5.32 Å². The molecule has 0 spiro atoms. The molecule has 17 heavy (non-hydrogen) atoms. The summed E-state index contributed by atoms with van der Waals surface area (Å²) >= 11 is 1.95. The van der Waals surface area contributed by atoms with E-state index in [9.17, 15) is 4.79 Å². The van der Waals surface area contributed by atoms with Crippen LogP contribution in [0.25, 0.3) is 0 Å². The molecule has 0 aromatic heterocycles. The number of nitrogens with one attached hydrogen (secondary N) is 1. The smallest absolute Gasteiger partial charge is 0.223 e. The van der Waals surface area contributed by atoms with E-state index in [0.29, 0.717) is 6.54 Å². The predicted molar refractivity (Wildman–Crippen MR) is 73.1 cm³/mol. The third kappa shape index (κ3) is 3.77. The molecule has 0 unspecified atom stereocenters. The van der Waals surface area contributed by atoms with Crippen molar-refractivity contribution >= 4 is 17.7 Å². The normalized spacial score (nSPS) is 16.8. The molecule has 1 heterocycles. The fraction of sp³-hybridized carbons (Fsp3) is 0.500. The summed E-state index contributed by atoms with van der Waals surface area (Å²) in [5.74, 6) is 2.72. The van der Waals surface area contributed by atoms with Gasteiger partial charge in [0.15, 0.2) is 0 Å². The highest BCUT2D eigenvalue weighted by molar-refractivity contribution is 7.99. The first kappa shape index (κ1) is 12.5. The van der Waals surface area contributed by atoms with Gasteiger partial charge in [0.25, 0.3) is 0 Å². The largest absolute Gasteiger partial charge is 0.352 e. The molecule has 2 nitrogen and oxygen atoms in total. The van der Waals surface area contributed by atoms with Crippen LogP contribution in [0, 0.1) is 12.8 Å². The van der Waals surface area contributed by atoms with Gasteiger partial charge in [-0.15, -0.1) is 0 Å². The van der Waals surface area contributed by atoms with E-state index in [4.69, 9.17) is 0 Å². The molecule has 0 saturated carbocycles. The lowest BCUT2D eigenvalue weighted by molar-refractivity contribution is -0.125. The lowest BCUT2D eigenvalue weighted by Gasteiger charge is -2.20. The van der Waals surface area contributed by atoms with Gasteiger partial charge in [0.05, 0.1) is 0 Å². The molecule has 2 rings (SSSR count). The Morgan fingerprint density at radius 1 is 1.29 bits per heavy atom. The Hall–Kier alpha value is -0.960. The molecule has 1 N–H and O–H groups in total. The van der Waals surface area contributed by atoms with Crippen molar-refractivity contribution in [3.05, 3.63) is 35.4 Å². The predicted octanol–water partition coefficient (Wildman–Crippen LogP) is 2.75. The fourth-order valence-corrected chi connectivity index (χ4v) is 3.11. The molecular formula is C14H19NOS. The Kier molecular flexibility index (Phi) is 4.49. The van der Waals surface area contributed by atoms with Crippen LogP contribution in [0.15, 0.2) is 24.3 Å². The fourth-order valence-electron chi connectivity index (χ4n) is 2.00. The average molecular weight is 249 g/mol. The van der Waals surface area contributed by atoms with E-state index in [2.05, 4.69) is 36.5 Å². The van der Waals surface area contributed by atoms with Gasteiger partial charge in [0.1, 0.15) is 0 Å². The van der Waals surface area contributed by atoms with Crippen molar-refractivity contribution in [3.63, 3.8) is 0 Å². The highest BCUT2D eigenvalue weighted by Crippen LogP contribution is 2.22. The first-order valence-electron chi connectivity index (χ1n) is 6.17. The average Bonchev–Trinajstić information content (AvgIpc) is 2.39. The van der Waals surface area contributed by atoms with Crippen LogP contribution < -0.4 is 5.32 Å². The van der Waals surface area contributed by atoms with Crippen molar-refractivity contribution in [2.45, 2.75) is 26.3 Å². The van der Waals surface area contributed by atoms with Gasteiger partial charge in [0.2, 0.25) is 5.91 Å². The van der Waals surface area contributed by atoms with Crippen LogP contribution in [0.1, 0.15) is 24.0 Å². The molecule has 1 saturated heterocycles. The molecule has 1 aromatic carbocycles. The van der Waals surface area contributed by atoms with Gasteiger partial charge >= 0.3 is 0 Å². The van der Waals surface area contributed by atoms with Crippen LogP contribution in [0.3, 0.4) is 0 Å². The monoisotopic (exact) mass is 249 g/mol. The molecule has 0 aliphatic carbocycles. The second kappa shape index (κ2) is 6.10. The van der Waals surface area contributed by atoms with Crippen LogP contribution in [0.5, 0.6) is 0 Å². The van der Waals surface area contributed by atoms with Gasteiger partial charge in [-0.05, 0) is 36.8 Å². The zero-order chi connectivity index (χ0) is 12.1. The van der Waals surface area contributed by atoms with Crippen molar-refractivity contribution in [2.24, 2.45) is 5.92 Å². The van der Waals surface area contributed by atoms with E-state index in [0.717, 1.165) is 24.3 Å². The molecule has 92 valence electrons. The van der Waals surface area contributed by atoms with Crippen LogP contribution >= 0.6 is 11.8 Å². The number of rotatable bonds is 3. The molecule has 1 fully saturated rings. The highest BCUT2D eigenvalue weighted by atomic mass is 32.2. The summed E-state index contributed by atoms with van der Waals surface area (Å²) in [4.78, 5) is 11.9. The number of hydrogen-bond donors (Lipinski definition) is 1. The summed E-state index contributed by atoms with van der Waals surface area (Å²) in [5.41, 5.74) is 2.43. The summed E-state index contributed by atoms with van der Waals surface area (Å²) in [5, 5.41) is 3.04. The Bertz CT molecular complexity index is 368. The van der Waals surface area contributed by atoms with E-state index in [1.807, 2.05) is 11.8 Å². The first-order chi connectivity index (χ1) is 8.25. The van der Waals surface area contributed by atoms with Gasteiger partial charge in [-0.2, -0.15) is 11.8 Å². The van der Waals surface area contributed by atoms with Crippen molar-refractivity contribution < 1.29 is 4.79 Å². The maximum Gasteiger partial charge on any atom is 0.223 e. The Balaban J connectivity index is 1.81. The maximum atomic E-state index is 11.9. The van der Waals surface area contributed by atoms with Crippen LogP contribution in [-0.4, -0.2) is 17.4 Å². The Morgan fingerprint density at radius 3 is 2.59 bits per heavy atom. The van der Waals surface area contributed by atoms with E-state index in [1.165, 1.54) is 11.1 Å². The molecule has 1 aliphatic rings. The minimum absolute atomic E-state index is 0.228. The lowest BCUT2D eigenvalue weighted by Crippen LogP contribution is -2.32. The number of hydrogen-bond acceptors (Lipinski definition) is 2. The van der Waals surface area contributed by atoms with Crippen molar-refractivity contribution in [2.75, 3.05) is 11.5 Å². The quantitative estimate of drug-likeness (QED) is 0.892. The zero-order valence-corrected chi connectivity index (χ0v) is 11.1. The highest BCUT2D eigenvalue weighted by Gasteiger charge is 2.20. The summed E-state index contributed by atoms with van der Waals surface area (Å²) in [6.07, 6.45) is 2.06. The maximum absolute atomic E-state index is 11.9. The van der Waals surface area contributed by atoms with Gasteiger partial charge in [-0.1, -0.05) is 29.8 Å². The van der Waals surface area contributed by atoms with Gasteiger partial charge < -0.3 is 5.32 Å².